The third kappa shape index (κ3) is 3.55. The average Bonchev–Trinajstić information content (AvgIpc) is 2.76. The zero-order valence-electron chi connectivity index (χ0n) is 12.8. The molecule has 0 aromatic heterocycles. The molecule has 0 bridgehead atoms. The number of rotatable bonds is 3. The minimum Gasteiger partial charge on any atom is -0.497 e. The van der Waals surface area contributed by atoms with Crippen LogP contribution in [0.3, 0.4) is 0 Å². The van der Waals surface area contributed by atoms with Crippen LogP contribution in [0.2, 0.25) is 0 Å². The van der Waals surface area contributed by atoms with Crippen molar-refractivity contribution in [2.75, 3.05) is 26.0 Å². The van der Waals surface area contributed by atoms with E-state index in [2.05, 4.69) is 29.2 Å². The molecule has 1 aromatic carbocycles. The van der Waals surface area contributed by atoms with Gasteiger partial charge >= 0.3 is 0 Å². The third-order valence-electron chi connectivity index (χ3n) is 4.14. The fourth-order valence-corrected chi connectivity index (χ4v) is 3.96. The number of thioether (sulfide) groups is 1. The molecule has 0 amide bonds. The second-order valence-electron chi connectivity index (χ2n) is 5.68. The SMILES string of the molecule is COc1ccc2c(c1)CN(CC1C=CC(C#N)=CC1)CCS2. The molecule has 1 aliphatic heterocycles. The third-order valence-corrected chi connectivity index (χ3v) is 5.23. The second kappa shape index (κ2) is 7.04. The number of benzene rings is 1. The van der Waals surface area contributed by atoms with Crippen LogP contribution in [0.4, 0.5) is 0 Å². The fraction of sp³-hybridized carbons (Fsp3) is 0.389. The Hall–Kier alpha value is -1.70. The molecular formula is C18H20N2OS. The lowest BCUT2D eigenvalue weighted by atomic mass is 9.96. The lowest BCUT2D eigenvalue weighted by molar-refractivity contribution is 0.254. The Morgan fingerprint density at radius 1 is 1.45 bits per heavy atom. The molecule has 1 heterocycles. The summed E-state index contributed by atoms with van der Waals surface area (Å²) in [7, 11) is 1.72. The molecule has 3 rings (SSSR count). The van der Waals surface area contributed by atoms with Crippen LogP contribution in [0.5, 0.6) is 5.75 Å². The number of hydrogen-bond acceptors (Lipinski definition) is 4. The van der Waals surface area contributed by atoms with Gasteiger partial charge in [0.05, 0.1) is 13.2 Å². The molecule has 0 spiro atoms. The second-order valence-corrected chi connectivity index (χ2v) is 6.82. The fourth-order valence-electron chi connectivity index (χ4n) is 2.92. The number of nitriles is 1. The van der Waals surface area contributed by atoms with Gasteiger partial charge in [0.15, 0.2) is 0 Å². The first-order valence-electron chi connectivity index (χ1n) is 7.59. The minimum absolute atomic E-state index is 0.509. The maximum atomic E-state index is 8.90. The standard InChI is InChI=1S/C18H20N2OS/c1-21-17-6-7-18-16(10-17)13-20(8-9-22-18)12-15-4-2-14(11-19)3-5-15/h2-4,6-7,10,15H,5,8-9,12-13H2,1H3. The van der Waals surface area contributed by atoms with E-state index in [9.17, 15) is 0 Å². The molecule has 2 aliphatic rings. The van der Waals surface area contributed by atoms with Gasteiger partial charge in [0.1, 0.15) is 5.75 Å². The van der Waals surface area contributed by atoms with E-state index in [1.807, 2.05) is 30.0 Å². The minimum atomic E-state index is 0.509. The molecule has 0 radical (unpaired) electrons. The predicted octanol–water partition coefficient (Wildman–Crippen LogP) is 3.63. The van der Waals surface area contributed by atoms with E-state index in [4.69, 9.17) is 10.00 Å². The van der Waals surface area contributed by atoms with E-state index in [1.165, 1.54) is 10.5 Å². The lowest BCUT2D eigenvalue weighted by Crippen LogP contribution is -2.30. The lowest BCUT2D eigenvalue weighted by Gasteiger charge is -2.25. The van der Waals surface area contributed by atoms with Gasteiger partial charge in [0, 0.05) is 35.9 Å². The van der Waals surface area contributed by atoms with Crippen molar-refractivity contribution >= 4 is 11.8 Å². The van der Waals surface area contributed by atoms with Crippen LogP contribution in [-0.2, 0) is 6.54 Å². The summed E-state index contributed by atoms with van der Waals surface area (Å²) < 4.78 is 5.35. The molecule has 1 unspecified atom stereocenters. The summed E-state index contributed by atoms with van der Waals surface area (Å²) in [4.78, 5) is 3.88. The van der Waals surface area contributed by atoms with Crippen molar-refractivity contribution in [3.8, 4) is 11.8 Å². The van der Waals surface area contributed by atoms with Crippen molar-refractivity contribution in [3.05, 3.63) is 47.6 Å². The highest BCUT2D eigenvalue weighted by molar-refractivity contribution is 7.99. The Balaban J connectivity index is 1.67. The molecule has 0 saturated heterocycles. The van der Waals surface area contributed by atoms with Crippen LogP contribution < -0.4 is 4.74 Å². The summed E-state index contributed by atoms with van der Waals surface area (Å²) in [6, 6.07) is 8.58. The summed E-state index contributed by atoms with van der Waals surface area (Å²) in [6.07, 6.45) is 7.16. The van der Waals surface area contributed by atoms with Crippen LogP contribution in [0.1, 0.15) is 12.0 Å². The van der Waals surface area contributed by atoms with E-state index in [-0.39, 0.29) is 0 Å². The van der Waals surface area contributed by atoms with E-state index >= 15 is 0 Å². The van der Waals surface area contributed by atoms with Crippen LogP contribution in [-0.4, -0.2) is 30.9 Å². The van der Waals surface area contributed by atoms with Crippen molar-refractivity contribution in [1.82, 2.24) is 4.90 Å². The van der Waals surface area contributed by atoms with Gasteiger partial charge in [-0.25, -0.2) is 0 Å². The molecule has 114 valence electrons. The number of fused-ring (bicyclic) bond motifs is 1. The van der Waals surface area contributed by atoms with Crippen molar-refractivity contribution in [3.63, 3.8) is 0 Å². The topological polar surface area (TPSA) is 36.3 Å². The maximum Gasteiger partial charge on any atom is 0.119 e. The van der Waals surface area contributed by atoms with E-state index in [0.29, 0.717) is 5.92 Å². The predicted molar refractivity (Wildman–Crippen MR) is 89.9 cm³/mol. The van der Waals surface area contributed by atoms with Gasteiger partial charge in [-0.3, -0.25) is 4.90 Å². The van der Waals surface area contributed by atoms with Crippen LogP contribution in [0.25, 0.3) is 0 Å². The first kappa shape index (κ1) is 15.2. The van der Waals surface area contributed by atoms with Gasteiger partial charge < -0.3 is 4.74 Å². The van der Waals surface area contributed by atoms with Crippen molar-refractivity contribution in [2.45, 2.75) is 17.9 Å². The van der Waals surface area contributed by atoms with E-state index < -0.39 is 0 Å². The maximum absolute atomic E-state index is 8.90. The first-order chi connectivity index (χ1) is 10.8. The van der Waals surface area contributed by atoms with Gasteiger partial charge in [0.2, 0.25) is 0 Å². The Morgan fingerprint density at radius 3 is 3.09 bits per heavy atom. The van der Waals surface area contributed by atoms with E-state index in [1.54, 1.807) is 7.11 Å². The molecule has 1 aromatic rings. The number of ether oxygens (including phenoxy) is 1. The molecule has 22 heavy (non-hydrogen) atoms. The average molecular weight is 312 g/mol. The number of hydrogen-bond donors (Lipinski definition) is 0. The summed E-state index contributed by atoms with van der Waals surface area (Å²) in [6.45, 7) is 3.11. The zero-order valence-corrected chi connectivity index (χ0v) is 13.6. The van der Waals surface area contributed by atoms with Crippen molar-refractivity contribution in [2.24, 2.45) is 5.92 Å². The molecule has 3 nitrogen and oxygen atoms in total. The first-order valence-corrected chi connectivity index (χ1v) is 8.57. The zero-order chi connectivity index (χ0) is 15.4. The van der Waals surface area contributed by atoms with Crippen molar-refractivity contribution < 1.29 is 4.74 Å². The molecule has 1 atom stereocenters. The summed E-state index contributed by atoms with van der Waals surface area (Å²) >= 11 is 1.93. The Bertz CT molecular complexity index is 645. The highest BCUT2D eigenvalue weighted by Gasteiger charge is 2.19. The molecule has 0 N–H and O–H groups in total. The van der Waals surface area contributed by atoms with E-state index in [0.717, 1.165) is 43.1 Å². The highest BCUT2D eigenvalue weighted by Crippen LogP contribution is 2.31. The van der Waals surface area contributed by atoms with Gasteiger partial charge in [-0.05, 0) is 42.2 Å². The quantitative estimate of drug-likeness (QED) is 0.854. The Morgan fingerprint density at radius 2 is 2.36 bits per heavy atom. The Kier molecular flexibility index (Phi) is 4.87. The molecule has 1 aliphatic carbocycles. The van der Waals surface area contributed by atoms with Gasteiger partial charge in [-0.1, -0.05) is 12.2 Å². The normalized spacial score (nSPS) is 21.5. The number of methoxy groups -OCH3 is 1. The van der Waals surface area contributed by atoms with Crippen LogP contribution >= 0.6 is 11.8 Å². The molecule has 4 heteroatoms. The van der Waals surface area contributed by atoms with Crippen LogP contribution in [0.15, 0.2) is 46.9 Å². The number of allylic oxidation sites excluding steroid dienone is 3. The van der Waals surface area contributed by atoms with Gasteiger partial charge in [-0.2, -0.15) is 5.26 Å². The highest BCUT2D eigenvalue weighted by atomic mass is 32.2. The largest absolute Gasteiger partial charge is 0.497 e. The summed E-state index contributed by atoms with van der Waals surface area (Å²) in [5, 5.41) is 8.90. The number of nitrogens with zero attached hydrogens (tertiary/aromatic N) is 2. The van der Waals surface area contributed by atoms with Crippen molar-refractivity contribution in [1.29, 1.82) is 5.26 Å². The van der Waals surface area contributed by atoms with Gasteiger partial charge in [-0.15, -0.1) is 11.8 Å². The van der Waals surface area contributed by atoms with Crippen LogP contribution in [0, 0.1) is 17.2 Å². The monoisotopic (exact) mass is 312 g/mol. The van der Waals surface area contributed by atoms with Gasteiger partial charge in [0.25, 0.3) is 0 Å². The smallest absolute Gasteiger partial charge is 0.119 e. The summed E-state index contributed by atoms with van der Waals surface area (Å²) in [5.74, 6) is 2.56. The Labute approximate surface area is 136 Å². The molecular weight excluding hydrogens is 292 g/mol. The molecule has 0 saturated carbocycles. The summed E-state index contributed by atoms with van der Waals surface area (Å²) in [5.41, 5.74) is 2.15. The molecule has 0 fully saturated rings.